The van der Waals surface area contributed by atoms with Crippen LogP contribution in [0.5, 0.6) is 0 Å². The van der Waals surface area contributed by atoms with Gasteiger partial charge in [0.15, 0.2) is 0 Å². The molecule has 0 bridgehead atoms. The molecule has 0 aromatic carbocycles. The molecule has 0 aliphatic carbocycles. The monoisotopic (exact) mass is 527 g/mol. The standard InChI is InChI=1S/C19H24N2O7S3.Na.H2O/c22-14(10-12-29-30-16-8-5-6-11-20-16)7-3-1-2-4-9-18(24)28-21-17(23)13-15(19(21)25)31(26)27;;/h5-6,8,11,15H,1-4,7,9-10,12-13H2,(H,26,27);;1H2/q;+1;/p-2. The third kappa shape index (κ3) is 11.9. The minimum Gasteiger partial charge on any atom is -0.870 e. The second-order valence-corrected chi connectivity index (χ2v) is 10.2. The molecule has 2 unspecified atom stereocenters. The van der Waals surface area contributed by atoms with Gasteiger partial charge in [0.05, 0.1) is 6.42 Å². The van der Waals surface area contributed by atoms with Crippen molar-refractivity contribution in [3.63, 3.8) is 0 Å². The number of hydrogen-bond donors (Lipinski definition) is 0. The van der Waals surface area contributed by atoms with Crippen LogP contribution in [-0.2, 0) is 35.1 Å². The normalized spacial score (nSPS) is 16.0. The largest absolute Gasteiger partial charge is 1.00 e. The van der Waals surface area contributed by atoms with Crippen molar-refractivity contribution < 1.29 is 67.8 Å². The Kier molecular flexibility index (Phi) is 17.2. The van der Waals surface area contributed by atoms with Crippen LogP contribution < -0.4 is 29.6 Å². The number of aromatic nitrogens is 1. The number of carbonyl (C=O) groups excluding carboxylic acids is 4. The Labute approximate surface area is 224 Å². The summed E-state index contributed by atoms with van der Waals surface area (Å²) in [6.07, 6.45) is 4.88. The molecule has 0 spiro atoms. The van der Waals surface area contributed by atoms with E-state index in [4.69, 9.17) is 4.84 Å². The molecule has 10 nitrogen and oxygen atoms in total. The zero-order valence-corrected chi connectivity index (χ0v) is 22.6. The Morgan fingerprint density at radius 1 is 1.15 bits per heavy atom. The molecular weight excluding hydrogens is 503 g/mol. The number of hydrogen-bond acceptors (Lipinski definition) is 11. The van der Waals surface area contributed by atoms with Crippen LogP contribution in [0.15, 0.2) is 29.4 Å². The summed E-state index contributed by atoms with van der Waals surface area (Å²) in [5.74, 6) is -1.73. The van der Waals surface area contributed by atoms with E-state index in [1.807, 2.05) is 18.2 Å². The van der Waals surface area contributed by atoms with E-state index in [1.165, 1.54) is 0 Å². The van der Waals surface area contributed by atoms with Gasteiger partial charge in [0.1, 0.15) is 16.1 Å². The number of unbranched alkanes of at least 4 members (excludes halogenated alkanes) is 3. The molecule has 178 valence electrons. The van der Waals surface area contributed by atoms with Gasteiger partial charge >= 0.3 is 35.5 Å². The fourth-order valence-electron chi connectivity index (χ4n) is 2.70. The summed E-state index contributed by atoms with van der Waals surface area (Å²) in [6.45, 7) is 0. The molecule has 33 heavy (non-hydrogen) atoms. The van der Waals surface area contributed by atoms with Crippen LogP contribution in [0.25, 0.3) is 0 Å². The van der Waals surface area contributed by atoms with Crippen LogP contribution in [0.2, 0.25) is 0 Å². The van der Waals surface area contributed by atoms with Crippen molar-refractivity contribution in [2.75, 3.05) is 5.75 Å². The summed E-state index contributed by atoms with van der Waals surface area (Å²) in [5.41, 5.74) is 0. The molecule has 14 heteroatoms. The summed E-state index contributed by atoms with van der Waals surface area (Å²) < 4.78 is 21.7. The van der Waals surface area contributed by atoms with Crippen molar-refractivity contribution in [1.82, 2.24) is 10.0 Å². The van der Waals surface area contributed by atoms with E-state index in [0.29, 0.717) is 25.7 Å². The molecule has 1 aliphatic heterocycles. The van der Waals surface area contributed by atoms with Gasteiger partial charge in [-0.25, -0.2) is 9.78 Å². The van der Waals surface area contributed by atoms with Gasteiger partial charge in [0, 0.05) is 31.2 Å². The number of pyridine rings is 1. The zero-order chi connectivity index (χ0) is 22.6. The molecule has 1 fully saturated rings. The van der Waals surface area contributed by atoms with Crippen LogP contribution in [-0.4, -0.2) is 58.9 Å². The molecule has 0 radical (unpaired) electrons. The van der Waals surface area contributed by atoms with Crippen LogP contribution >= 0.6 is 21.6 Å². The number of carbonyl (C=O) groups is 4. The molecular formula is C19H24N2NaO8S3-. The first-order chi connectivity index (χ1) is 14.9. The minimum atomic E-state index is -2.74. The van der Waals surface area contributed by atoms with E-state index in [-0.39, 0.29) is 52.3 Å². The van der Waals surface area contributed by atoms with Gasteiger partial charge in [-0.2, -0.15) is 0 Å². The first-order valence-corrected chi connectivity index (χ1v) is 13.2. The van der Waals surface area contributed by atoms with E-state index in [9.17, 15) is 27.9 Å². The smallest absolute Gasteiger partial charge is 0.870 e. The number of nitrogens with zero attached hydrogens (tertiary/aromatic N) is 2. The third-order valence-corrected chi connectivity index (χ3v) is 7.42. The molecule has 1 saturated heterocycles. The Morgan fingerprint density at radius 3 is 2.45 bits per heavy atom. The fourth-order valence-corrected chi connectivity index (χ4v) is 5.15. The van der Waals surface area contributed by atoms with E-state index >= 15 is 0 Å². The number of hydroxylamine groups is 2. The summed E-state index contributed by atoms with van der Waals surface area (Å²) in [5, 5.41) is -0.340. The van der Waals surface area contributed by atoms with Crippen LogP contribution in [0.1, 0.15) is 51.4 Å². The first kappa shape index (κ1) is 32.2. The Morgan fingerprint density at radius 2 is 1.85 bits per heavy atom. The maximum atomic E-state index is 11.9. The van der Waals surface area contributed by atoms with Gasteiger partial charge in [-0.1, -0.05) is 29.7 Å². The Balaban J connectivity index is 0.00000512. The summed E-state index contributed by atoms with van der Waals surface area (Å²) >= 11 is -2.74. The molecule has 2 amide bonds. The predicted octanol–water partition coefficient (Wildman–Crippen LogP) is -0.586. The van der Waals surface area contributed by atoms with Crippen molar-refractivity contribution in [2.24, 2.45) is 0 Å². The summed E-state index contributed by atoms with van der Waals surface area (Å²) in [7, 11) is 3.14. The molecule has 2 rings (SSSR count). The Bertz CT molecular complexity index is 815. The SMILES string of the molecule is O=C(CCCCCCC(=O)ON1C(=O)CC(S(=O)[O-])C1=O)CCSSc1ccccn1.[Na+].[OH-]. The second kappa shape index (κ2) is 17.6. The van der Waals surface area contributed by atoms with Crippen molar-refractivity contribution in [3.8, 4) is 0 Å². The molecule has 1 aromatic rings. The molecule has 1 aromatic heterocycles. The average molecular weight is 528 g/mol. The molecule has 1 N–H and O–H groups in total. The second-order valence-electron chi connectivity index (χ2n) is 6.72. The number of Topliss-reactive ketones (excluding diaryl/α,β-unsaturated/α-hetero) is 1. The first-order valence-electron chi connectivity index (χ1n) is 9.76. The van der Waals surface area contributed by atoms with Gasteiger partial charge in [-0.3, -0.25) is 18.6 Å². The van der Waals surface area contributed by atoms with Crippen LogP contribution in [0.3, 0.4) is 0 Å². The molecule has 2 atom stereocenters. The van der Waals surface area contributed by atoms with Gasteiger partial charge in [0.2, 0.25) is 0 Å². The van der Waals surface area contributed by atoms with Gasteiger partial charge in [-0.15, -0.1) is 5.06 Å². The van der Waals surface area contributed by atoms with Crippen molar-refractivity contribution >= 4 is 56.2 Å². The number of amides is 2. The fraction of sp³-hybridized carbons (Fsp3) is 0.526. The molecule has 2 heterocycles. The molecule has 0 saturated carbocycles. The van der Waals surface area contributed by atoms with Crippen molar-refractivity contribution in [2.45, 2.75) is 61.6 Å². The van der Waals surface area contributed by atoms with Gasteiger partial charge in [-0.05, 0) is 46.8 Å². The van der Waals surface area contributed by atoms with E-state index < -0.39 is 40.5 Å². The average Bonchev–Trinajstić information content (AvgIpc) is 3.03. The van der Waals surface area contributed by atoms with E-state index in [0.717, 1.165) is 23.6 Å². The van der Waals surface area contributed by atoms with Crippen molar-refractivity contribution in [3.05, 3.63) is 24.4 Å². The zero-order valence-electron chi connectivity index (χ0n) is 18.2. The minimum absolute atomic E-state index is 0. The van der Waals surface area contributed by atoms with Crippen LogP contribution in [0.4, 0.5) is 0 Å². The quantitative estimate of drug-likeness (QED) is 0.0999. The third-order valence-electron chi connectivity index (χ3n) is 4.32. The predicted molar refractivity (Wildman–Crippen MR) is 117 cm³/mol. The maximum Gasteiger partial charge on any atom is 1.00 e. The van der Waals surface area contributed by atoms with Gasteiger partial charge < -0.3 is 14.9 Å². The van der Waals surface area contributed by atoms with Crippen molar-refractivity contribution in [1.29, 1.82) is 0 Å². The maximum absolute atomic E-state index is 11.9. The topological polar surface area (TPSA) is 164 Å². The van der Waals surface area contributed by atoms with E-state index in [1.54, 1.807) is 27.8 Å². The van der Waals surface area contributed by atoms with E-state index in [2.05, 4.69) is 4.98 Å². The summed E-state index contributed by atoms with van der Waals surface area (Å²) in [4.78, 5) is 55.9. The number of rotatable bonds is 14. The summed E-state index contributed by atoms with van der Waals surface area (Å²) in [6, 6.07) is 5.69. The number of imide groups is 1. The van der Waals surface area contributed by atoms with Gasteiger partial charge in [0.25, 0.3) is 11.8 Å². The molecule has 1 aliphatic rings. The Hall–Kier alpha value is -0.800. The number of ketones is 1. The van der Waals surface area contributed by atoms with Crippen LogP contribution in [0, 0.1) is 0 Å².